The van der Waals surface area contributed by atoms with E-state index in [9.17, 15) is 16.8 Å². The molecule has 0 radical (unpaired) electrons. The van der Waals surface area contributed by atoms with Gasteiger partial charge in [-0.1, -0.05) is 54.1 Å². The lowest BCUT2D eigenvalue weighted by Gasteiger charge is -2.01. The number of benzene rings is 3. The smallest absolute Gasteiger partial charge is 0.295 e. The van der Waals surface area contributed by atoms with Crippen LogP contribution in [0.25, 0.3) is 0 Å². The molecule has 0 saturated heterocycles. The van der Waals surface area contributed by atoms with Gasteiger partial charge in [0.15, 0.2) is 0 Å². The van der Waals surface area contributed by atoms with Gasteiger partial charge < -0.3 is 5.73 Å². The Balaban J connectivity index is 0.000000380. The molecule has 32 heavy (non-hydrogen) atoms. The van der Waals surface area contributed by atoms with Crippen molar-refractivity contribution in [3.05, 3.63) is 89.5 Å². The summed E-state index contributed by atoms with van der Waals surface area (Å²) in [5, 5.41) is 7.25. The van der Waals surface area contributed by atoms with Crippen molar-refractivity contribution in [1.82, 2.24) is 0 Å². The molecule has 0 aliphatic heterocycles. The second kappa shape index (κ2) is 10.8. The molecule has 3 aromatic carbocycles. The Labute approximate surface area is 186 Å². The Morgan fingerprint density at radius 1 is 0.688 bits per heavy atom. The van der Waals surface area contributed by atoms with Crippen LogP contribution < -0.4 is 5.73 Å². The van der Waals surface area contributed by atoms with E-state index in [-0.39, 0.29) is 20.9 Å². The first-order valence-corrected chi connectivity index (χ1v) is 11.9. The maximum absolute atomic E-state index is 11.2. The van der Waals surface area contributed by atoms with Crippen LogP contribution in [-0.2, 0) is 20.2 Å². The lowest BCUT2D eigenvalue weighted by atomic mass is 10.2. The summed E-state index contributed by atoms with van der Waals surface area (Å²) in [6.07, 6.45) is 2.19. The van der Waals surface area contributed by atoms with Gasteiger partial charge in [0.05, 0.1) is 12.4 Å². The van der Waals surface area contributed by atoms with Crippen molar-refractivity contribution in [3.63, 3.8) is 0 Å². The average molecular weight is 476 g/mol. The molecule has 0 aliphatic rings. The highest BCUT2D eigenvalue weighted by atomic mass is 32.2. The Morgan fingerprint density at radius 2 is 1.06 bits per heavy atom. The zero-order chi connectivity index (χ0) is 23.8. The number of aryl methyl sites for hydroxylation is 1. The van der Waals surface area contributed by atoms with E-state index in [2.05, 4.69) is 10.2 Å². The third kappa shape index (κ3) is 7.71. The minimum absolute atomic E-state index is 0.111. The fraction of sp³-hybridized carbons (Fsp3) is 0.0476. The van der Waals surface area contributed by atoms with Crippen molar-refractivity contribution in [2.24, 2.45) is 10.2 Å². The molecule has 0 aromatic heterocycles. The largest absolute Gasteiger partial charge is 0.399 e. The van der Waals surface area contributed by atoms with Gasteiger partial charge in [0.2, 0.25) is 0 Å². The van der Waals surface area contributed by atoms with Gasteiger partial charge in [0.25, 0.3) is 20.2 Å². The van der Waals surface area contributed by atoms with Crippen molar-refractivity contribution >= 4 is 38.4 Å². The molecule has 9 nitrogen and oxygen atoms in total. The van der Waals surface area contributed by atoms with Gasteiger partial charge in [0, 0.05) is 16.8 Å². The van der Waals surface area contributed by atoms with E-state index in [0.717, 1.165) is 18.1 Å². The predicted octanol–water partition coefficient (Wildman–Crippen LogP) is 3.21. The summed E-state index contributed by atoms with van der Waals surface area (Å²) in [7, 11) is -8.81. The molecule has 3 aromatic rings. The molecule has 0 spiro atoms. The summed E-state index contributed by atoms with van der Waals surface area (Å²) < 4.78 is 63.1. The zero-order valence-corrected chi connectivity index (χ0v) is 18.5. The van der Waals surface area contributed by atoms with Gasteiger partial charge in [-0.15, -0.1) is 0 Å². The fourth-order valence-corrected chi connectivity index (χ4v) is 3.74. The van der Waals surface area contributed by atoms with Crippen LogP contribution in [0.3, 0.4) is 0 Å². The monoisotopic (exact) mass is 475 g/mol. The van der Waals surface area contributed by atoms with Crippen LogP contribution in [0, 0.1) is 6.92 Å². The van der Waals surface area contributed by atoms with Gasteiger partial charge in [-0.25, -0.2) is 0 Å². The number of nitrogen functional groups attached to an aromatic ring is 1. The van der Waals surface area contributed by atoms with E-state index in [0.29, 0.717) is 0 Å². The maximum atomic E-state index is 11.2. The second-order valence-corrected chi connectivity index (χ2v) is 9.21. The van der Waals surface area contributed by atoms with E-state index in [1.807, 2.05) is 31.2 Å². The number of nitrogens with zero attached hydrogens (tertiary/aromatic N) is 2. The molecule has 0 saturated carbocycles. The lowest BCUT2D eigenvalue weighted by Crippen LogP contribution is -2.02. The third-order valence-corrected chi connectivity index (χ3v) is 5.79. The van der Waals surface area contributed by atoms with Crippen molar-refractivity contribution in [1.29, 1.82) is 0 Å². The number of rotatable bonds is 5. The average Bonchev–Trinajstić information content (AvgIpc) is 2.73. The van der Waals surface area contributed by atoms with Crippen LogP contribution in [0.4, 0.5) is 5.69 Å². The van der Waals surface area contributed by atoms with Crippen LogP contribution in [0.1, 0.15) is 16.7 Å². The first-order chi connectivity index (χ1) is 15.0. The van der Waals surface area contributed by atoms with Gasteiger partial charge in [-0.3, -0.25) is 9.11 Å². The molecular formula is C21H21N3O6S2. The molecule has 0 amide bonds. The Morgan fingerprint density at radius 3 is 1.41 bits per heavy atom. The molecule has 3 rings (SSSR count). The van der Waals surface area contributed by atoms with E-state index in [1.54, 1.807) is 12.1 Å². The summed E-state index contributed by atoms with van der Waals surface area (Å²) in [6, 6.07) is 19.0. The van der Waals surface area contributed by atoms with E-state index in [4.69, 9.17) is 14.8 Å². The van der Waals surface area contributed by atoms with Crippen molar-refractivity contribution in [2.45, 2.75) is 16.7 Å². The van der Waals surface area contributed by atoms with E-state index in [1.165, 1.54) is 42.0 Å². The number of anilines is 1. The fourth-order valence-electron chi connectivity index (χ4n) is 2.40. The van der Waals surface area contributed by atoms with E-state index < -0.39 is 20.2 Å². The highest BCUT2D eigenvalue weighted by molar-refractivity contribution is 7.86. The zero-order valence-electron chi connectivity index (χ0n) is 16.9. The number of nitrogens with two attached hydrogens (primary N) is 1. The lowest BCUT2D eigenvalue weighted by molar-refractivity contribution is 0.481. The number of hydrogen-bond donors (Lipinski definition) is 3. The molecule has 0 unspecified atom stereocenters. The minimum Gasteiger partial charge on any atom is -0.399 e. The van der Waals surface area contributed by atoms with Crippen LogP contribution in [0.15, 0.2) is 92.8 Å². The van der Waals surface area contributed by atoms with Crippen molar-refractivity contribution in [3.8, 4) is 0 Å². The topological polar surface area (TPSA) is 159 Å². The number of hydrogen-bond acceptors (Lipinski definition) is 7. The molecule has 0 heterocycles. The van der Waals surface area contributed by atoms with Gasteiger partial charge in [-0.05, 0) is 31.2 Å². The van der Waals surface area contributed by atoms with Gasteiger partial charge in [0.1, 0.15) is 9.79 Å². The Hall–Kier alpha value is -3.38. The summed E-state index contributed by atoms with van der Waals surface area (Å²) in [4.78, 5) is -0.662. The Bertz CT molecular complexity index is 1230. The van der Waals surface area contributed by atoms with Crippen LogP contribution in [0.5, 0.6) is 0 Å². The van der Waals surface area contributed by atoms with Crippen LogP contribution in [-0.4, -0.2) is 38.4 Å². The molecule has 11 heteroatoms. The normalized spacial score (nSPS) is 12.0. The van der Waals surface area contributed by atoms with Crippen molar-refractivity contribution < 1.29 is 25.9 Å². The van der Waals surface area contributed by atoms with Crippen LogP contribution >= 0.6 is 0 Å². The van der Waals surface area contributed by atoms with Gasteiger partial charge in [-0.2, -0.15) is 27.0 Å². The standard InChI is InChI=1S/C14H12N2O6S2.C7H9N/c17-23(18,19)13-7-3-1-5-11(13)9-15-16-10-12-6-2-4-8-14(12)24(20,21)22;1-6-2-4-7(8)5-3-6/h1-10H,(H,17,18,19)(H,20,21,22);2-5H,8H2,1H3/b15-9-,16-10+;. The summed E-state index contributed by atoms with van der Waals surface area (Å²) in [5.74, 6) is 0. The molecular weight excluding hydrogens is 454 g/mol. The molecule has 0 aliphatic carbocycles. The second-order valence-electron chi connectivity index (χ2n) is 6.43. The maximum Gasteiger partial charge on any atom is 0.295 e. The third-order valence-electron chi connectivity index (χ3n) is 3.93. The highest BCUT2D eigenvalue weighted by Crippen LogP contribution is 2.14. The van der Waals surface area contributed by atoms with E-state index >= 15 is 0 Å². The summed E-state index contributed by atoms with van der Waals surface area (Å²) in [6.45, 7) is 2.04. The van der Waals surface area contributed by atoms with Crippen molar-refractivity contribution in [2.75, 3.05) is 5.73 Å². The first kappa shape index (κ1) is 24.9. The SMILES string of the molecule is Cc1ccc(N)cc1.O=S(=O)(O)c1ccccc1/C=N\N=C\c1ccccc1S(=O)(=O)O. The molecule has 0 atom stereocenters. The van der Waals surface area contributed by atoms with Gasteiger partial charge >= 0.3 is 0 Å². The minimum atomic E-state index is -4.40. The molecule has 0 fully saturated rings. The summed E-state index contributed by atoms with van der Waals surface area (Å²) in [5.41, 5.74) is 7.73. The molecule has 168 valence electrons. The first-order valence-electron chi connectivity index (χ1n) is 9.00. The molecule has 4 N–H and O–H groups in total. The highest BCUT2D eigenvalue weighted by Gasteiger charge is 2.14. The molecule has 0 bridgehead atoms. The Kier molecular flexibility index (Phi) is 8.38. The summed E-state index contributed by atoms with van der Waals surface area (Å²) >= 11 is 0. The predicted molar refractivity (Wildman–Crippen MR) is 123 cm³/mol. The van der Waals surface area contributed by atoms with Crippen LogP contribution in [0.2, 0.25) is 0 Å². The quantitative estimate of drug-likeness (QED) is 0.221.